The normalized spacial score (nSPS) is 13.4. The number of alkyl carbamates (subject to hydrolysis) is 1. The van der Waals surface area contributed by atoms with E-state index in [-0.39, 0.29) is 17.7 Å². The summed E-state index contributed by atoms with van der Waals surface area (Å²) in [5.74, 6) is 1.94. The third-order valence-electron chi connectivity index (χ3n) is 6.99. The lowest BCUT2D eigenvalue weighted by Crippen LogP contribution is -2.55. The van der Waals surface area contributed by atoms with Crippen LogP contribution in [0.2, 0.25) is 0 Å². The van der Waals surface area contributed by atoms with Crippen molar-refractivity contribution in [3.63, 3.8) is 0 Å². The van der Waals surface area contributed by atoms with E-state index in [1.807, 2.05) is 32.0 Å². The molecule has 0 bridgehead atoms. The number of amides is 3. The van der Waals surface area contributed by atoms with E-state index in [0.717, 1.165) is 51.4 Å². The standard InChI is InChI=1S/C33H53N3O4/c1-9-13-15-16-20-24-36(31(38)28(25(5)11-3)35-32(39)40-33(6,7)8)29(30(37)34-23-19-14-10-2)27-22-18-17-21-26(27)12-4/h4,17-18,21-22,25,28-29H,9-11,13-16,19-20,23-24H2,1-3,5-8H3,(H,34,37)(H,35,39). The number of ether oxygens (including phenoxy) is 1. The summed E-state index contributed by atoms with van der Waals surface area (Å²) < 4.78 is 5.50. The molecule has 1 rings (SSSR count). The number of hydrogen-bond donors (Lipinski definition) is 2. The van der Waals surface area contributed by atoms with Crippen molar-refractivity contribution in [3.05, 3.63) is 35.4 Å². The summed E-state index contributed by atoms with van der Waals surface area (Å²) in [5.41, 5.74) is 0.471. The second-order valence-electron chi connectivity index (χ2n) is 11.6. The molecule has 3 unspecified atom stereocenters. The Hall–Kier alpha value is -3.01. The Bertz CT molecular complexity index is 963. The minimum absolute atomic E-state index is 0.182. The molecule has 224 valence electrons. The molecule has 0 aliphatic heterocycles. The zero-order chi connectivity index (χ0) is 30.1. The van der Waals surface area contributed by atoms with Gasteiger partial charge in [0, 0.05) is 18.7 Å². The highest BCUT2D eigenvalue weighted by Gasteiger charge is 2.38. The number of carbonyl (C=O) groups excluding carboxylic acids is 3. The summed E-state index contributed by atoms with van der Waals surface area (Å²) in [6.45, 7) is 14.4. The zero-order valence-electron chi connectivity index (χ0n) is 26.0. The summed E-state index contributed by atoms with van der Waals surface area (Å²) >= 11 is 0. The van der Waals surface area contributed by atoms with Gasteiger partial charge in [0.15, 0.2) is 0 Å². The summed E-state index contributed by atoms with van der Waals surface area (Å²) in [7, 11) is 0. The van der Waals surface area contributed by atoms with E-state index < -0.39 is 23.8 Å². The molecule has 0 aliphatic rings. The van der Waals surface area contributed by atoms with Crippen LogP contribution in [-0.2, 0) is 14.3 Å². The van der Waals surface area contributed by atoms with Crippen LogP contribution in [0.1, 0.15) is 123 Å². The number of rotatable bonds is 17. The molecule has 0 saturated carbocycles. The fourth-order valence-corrected chi connectivity index (χ4v) is 4.55. The van der Waals surface area contributed by atoms with Crippen molar-refractivity contribution in [2.24, 2.45) is 5.92 Å². The van der Waals surface area contributed by atoms with Gasteiger partial charge in [-0.2, -0.15) is 0 Å². The molecule has 1 aromatic rings. The Morgan fingerprint density at radius 2 is 1.60 bits per heavy atom. The van der Waals surface area contributed by atoms with Crippen molar-refractivity contribution in [1.82, 2.24) is 15.5 Å². The van der Waals surface area contributed by atoms with Crippen LogP contribution >= 0.6 is 0 Å². The SMILES string of the molecule is C#Cc1ccccc1C(C(=O)NCCCCC)N(CCCCCCC)C(=O)C(NC(=O)OC(C)(C)C)C(C)CC. The first kappa shape index (κ1) is 35.0. The monoisotopic (exact) mass is 555 g/mol. The predicted molar refractivity (Wildman–Crippen MR) is 163 cm³/mol. The maximum Gasteiger partial charge on any atom is 0.408 e. The van der Waals surface area contributed by atoms with E-state index in [1.165, 1.54) is 0 Å². The number of benzene rings is 1. The minimum Gasteiger partial charge on any atom is -0.444 e. The molecule has 40 heavy (non-hydrogen) atoms. The van der Waals surface area contributed by atoms with Crippen molar-refractivity contribution in [2.45, 2.75) is 124 Å². The van der Waals surface area contributed by atoms with E-state index in [1.54, 1.807) is 31.7 Å². The fraction of sp³-hybridized carbons (Fsp3) is 0.667. The van der Waals surface area contributed by atoms with Crippen molar-refractivity contribution in [2.75, 3.05) is 13.1 Å². The Morgan fingerprint density at radius 1 is 0.975 bits per heavy atom. The van der Waals surface area contributed by atoms with E-state index in [2.05, 4.69) is 30.4 Å². The van der Waals surface area contributed by atoms with Crippen LogP contribution in [0.4, 0.5) is 4.79 Å². The van der Waals surface area contributed by atoms with Crippen LogP contribution in [-0.4, -0.2) is 47.5 Å². The van der Waals surface area contributed by atoms with Crippen molar-refractivity contribution < 1.29 is 19.1 Å². The summed E-state index contributed by atoms with van der Waals surface area (Å²) in [6.07, 6.45) is 13.7. The van der Waals surface area contributed by atoms with E-state index in [4.69, 9.17) is 11.2 Å². The molecule has 0 spiro atoms. The van der Waals surface area contributed by atoms with E-state index >= 15 is 0 Å². The molecule has 0 fully saturated rings. The number of carbonyl (C=O) groups is 3. The van der Waals surface area contributed by atoms with Gasteiger partial charge < -0.3 is 20.3 Å². The molecule has 0 aliphatic carbocycles. The smallest absolute Gasteiger partial charge is 0.408 e. The van der Waals surface area contributed by atoms with Crippen molar-refractivity contribution in [3.8, 4) is 12.3 Å². The number of unbranched alkanes of at least 4 members (excludes halogenated alkanes) is 6. The molecular formula is C33H53N3O4. The van der Waals surface area contributed by atoms with Gasteiger partial charge in [-0.05, 0) is 51.2 Å². The van der Waals surface area contributed by atoms with Crippen LogP contribution < -0.4 is 10.6 Å². The third kappa shape index (κ3) is 12.0. The van der Waals surface area contributed by atoms with Crippen molar-refractivity contribution in [1.29, 1.82) is 0 Å². The predicted octanol–water partition coefficient (Wildman–Crippen LogP) is 6.75. The Morgan fingerprint density at radius 3 is 2.20 bits per heavy atom. The molecule has 7 nitrogen and oxygen atoms in total. The Kier molecular flexibility index (Phi) is 16.1. The minimum atomic E-state index is -0.917. The largest absolute Gasteiger partial charge is 0.444 e. The second-order valence-corrected chi connectivity index (χ2v) is 11.6. The molecule has 7 heteroatoms. The number of hydrogen-bond acceptors (Lipinski definition) is 4. The maximum absolute atomic E-state index is 14.4. The Labute approximate surface area is 243 Å². The first-order chi connectivity index (χ1) is 19.0. The van der Waals surface area contributed by atoms with Crippen LogP contribution in [0.15, 0.2) is 24.3 Å². The van der Waals surface area contributed by atoms with Crippen molar-refractivity contribution >= 4 is 17.9 Å². The van der Waals surface area contributed by atoms with Gasteiger partial charge in [0.2, 0.25) is 11.8 Å². The number of nitrogens with one attached hydrogen (secondary N) is 2. The quantitative estimate of drug-likeness (QED) is 0.164. The molecule has 0 radical (unpaired) electrons. The van der Waals surface area contributed by atoms with Crippen LogP contribution in [0, 0.1) is 18.3 Å². The highest BCUT2D eigenvalue weighted by Crippen LogP contribution is 2.28. The average molecular weight is 556 g/mol. The highest BCUT2D eigenvalue weighted by atomic mass is 16.6. The first-order valence-electron chi connectivity index (χ1n) is 15.1. The number of terminal acetylenes is 1. The molecule has 0 aromatic heterocycles. The highest BCUT2D eigenvalue weighted by molar-refractivity contribution is 5.92. The first-order valence-corrected chi connectivity index (χ1v) is 15.1. The van der Waals surface area contributed by atoms with Gasteiger partial charge in [-0.15, -0.1) is 6.42 Å². The lowest BCUT2D eigenvalue weighted by atomic mass is 9.94. The maximum atomic E-state index is 14.4. The lowest BCUT2D eigenvalue weighted by molar-refractivity contribution is -0.143. The second kappa shape index (κ2) is 18.4. The van der Waals surface area contributed by atoms with Gasteiger partial charge in [0.05, 0.1) is 0 Å². The molecule has 0 heterocycles. The fourth-order valence-electron chi connectivity index (χ4n) is 4.55. The molecular weight excluding hydrogens is 502 g/mol. The molecule has 0 saturated heterocycles. The van der Waals surface area contributed by atoms with Gasteiger partial charge >= 0.3 is 6.09 Å². The Balaban J connectivity index is 3.54. The number of nitrogens with zero attached hydrogens (tertiary/aromatic N) is 1. The van der Waals surface area contributed by atoms with Crippen LogP contribution in [0.25, 0.3) is 0 Å². The topological polar surface area (TPSA) is 87.7 Å². The molecule has 2 N–H and O–H groups in total. The zero-order valence-corrected chi connectivity index (χ0v) is 26.0. The van der Waals surface area contributed by atoms with Gasteiger partial charge in [-0.25, -0.2) is 4.79 Å². The van der Waals surface area contributed by atoms with Gasteiger partial charge in [0.1, 0.15) is 17.7 Å². The van der Waals surface area contributed by atoms with E-state index in [0.29, 0.717) is 30.6 Å². The van der Waals surface area contributed by atoms with Crippen LogP contribution in [0.5, 0.6) is 0 Å². The summed E-state index contributed by atoms with van der Waals surface area (Å²) in [4.78, 5) is 42.7. The van der Waals surface area contributed by atoms with Crippen LogP contribution in [0.3, 0.4) is 0 Å². The average Bonchev–Trinajstić information content (AvgIpc) is 2.91. The lowest BCUT2D eigenvalue weighted by Gasteiger charge is -2.36. The van der Waals surface area contributed by atoms with Gasteiger partial charge in [-0.3, -0.25) is 9.59 Å². The van der Waals surface area contributed by atoms with E-state index in [9.17, 15) is 14.4 Å². The third-order valence-corrected chi connectivity index (χ3v) is 6.99. The molecule has 1 aromatic carbocycles. The molecule has 3 atom stereocenters. The van der Waals surface area contributed by atoms with Gasteiger partial charge in [0.25, 0.3) is 0 Å². The summed E-state index contributed by atoms with van der Waals surface area (Å²) in [5, 5.41) is 5.88. The van der Waals surface area contributed by atoms with Gasteiger partial charge in [-0.1, -0.05) is 96.8 Å². The molecule has 3 amide bonds. The summed E-state index contributed by atoms with van der Waals surface area (Å²) in [6, 6.07) is 5.51.